The van der Waals surface area contributed by atoms with E-state index in [1.54, 1.807) is 0 Å². The highest BCUT2D eigenvalue weighted by Gasteiger charge is 1.75. The number of hydrogen-bond acceptors (Lipinski definition) is 3. The Morgan fingerprint density at radius 2 is 1.56 bits per heavy atom. The average molecular weight is 129 g/mol. The average Bonchev–Trinajstić information content (AvgIpc) is 1.65. The topological polar surface area (TPSA) is 29.5 Å². The largest absolute Gasteiger partial charge is 0.478 e. The summed E-state index contributed by atoms with van der Waals surface area (Å²) in [5, 5.41) is 0. The Hall–Kier alpha value is -0.505. The van der Waals surface area contributed by atoms with Gasteiger partial charge in [-0.15, -0.1) is 0 Å². The maximum atomic E-state index is 9.37. The van der Waals surface area contributed by atoms with Crippen molar-refractivity contribution in [1.82, 2.24) is 4.90 Å². The summed E-state index contributed by atoms with van der Waals surface area (Å²) in [6.45, 7) is 0. The van der Waals surface area contributed by atoms with E-state index in [-0.39, 0.29) is 0 Å². The van der Waals surface area contributed by atoms with Gasteiger partial charge in [0.15, 0.2) is 0 Å². The molecule has 0 aromatic heterocycles. The fourth-order valence-electron chi connectivity index (χ4n) is 0. The molecule has 0 amide bonds. The Bertz CT molecular complexity index is 72.6. The third-order valence-corrected chi connectivity index (χ3v) is 0.201. The Morgan fingerprint density at radius 3 is 1.56 bits per heavy atom. The second-order valence-corrected chi connectivity index (χ2v) is 1.86. The monoisotopic (exact) mass is 129 g/mol. The zero-order chi connectivity index (χ0) is 7.86. The molecule has 9 heavy (non-hydrogen) atoms. The minimum atomic E-state index is -0.745. The van der Waals surface area contributed by atoms with Gasteiger partial charge in [0, 0.05) is 0 Å². The normalized spacial score (nSPS) is 7.67. The highest BCUT2D eigenvalue weighted by Crippen LogP contribution is 1.59. The standard InChI is InChI=1S/C3H9N.C2H3BO2/c1-4(2)3;1-5-2(3)4/h1-3H3;1H3. The highest BCUT2D eigenvalue weighted by molar-refractivity contribution is 6.55. The van der Waals surface area contributed by atoms with Gasteiger partial charge in [-0.05, 0) is 21.1 Å². The molecule has 0 atom stereocenters. The molecule has 0 fully saturated rings. The van der Waals surface area contributed by atoms with Crippen LogP contribution in [-0.2, 0) is 4.74 Å². The first-order valence-electron chi connectivity index (χ1n) is 2.45. The summed E-state index contributed by atoms with van der Waals surface area (Å²) >= 11 is 0. The number of ether oxygens (including phenoxy) is 1. The second kappa shape index (κ2) is 7.49. The Morgan fingerprint density at radius 1 is 1.44 bits per heavy atom. The molecular formula is C5H12BNO2. The van der Waals surface area contributed by atoms with Crippen LogP contribution in [0, 0.1) is 0 Å². The van der Waals surface area contributed by atoms with E-state index in [9.17, 15) is 4.79 Å². The Kier molecular flexibility index (Phi) is 9.42. The van der Waals surface area contributed by atoms with Gasteiger partial charge in [0.2, 0.25) is 13.7 Å². The van der Waals surface area contributed by atoms with Crippen LogP contribution in [0.25, 0.3) is 0 Å². The Balaban J connectivity index is 0. The minimum absolute atomic E-state index is 0.745. The lowest BCUT2D eigenvalue weighted by Crippen LogP contribution is -1.99. The first kappa shape index (κ1) is 11.3. The van der Waals surface area contributed by atoms with E-state index in [1.807, 2.05) is 26.0 Å². The van der Waals surface area contributed by atoms with E-state index in [0.717, 1.165) is 0 Å². The van der Waals surface area contributed by atoms with Gasteiger partial charge in [0.1, 0.15) is 0 Å². The Labute approximate surface area is 57.4 Å². The molecule has 0 aromatic rings. The van der Waals surface area contributed by atoms with Crippen LogP contribution in [0.1, 0.15) is 0 Å². The predicted molar refractivity (Wildman–Crippen MR) is 37.8 cm³/mol. The number of rotatable bonds is 0. The third-order valence-electron chi connectivity index (χ3n) is 0.201. The van der Waals surface area contributed by atoms with Crippen LogP contribution in [0.15, 0.2) is 0 Å². The van der Waals surface area contributed by atoms with Gasteiger partial charge in [-0.2, -0.15) is 0 Å². The molecule has 3 nitrogen and oxygen atoms in total. The molecule has 0 aliphatic heterocycles. The summed E-state index contributed by atoms with van der Waals surface area (Å²) in [5.41, 5.74) is 0. The van der Waals surface area contributed by atoms with E-state index < -0.39 is 5.87 Å². The van der Waals surface area contributed by atoms with Crippen molar-refractivity contribution in [2.75, 3.05) is 28.3 Å². The van der Waals surface area contributed by atoms with Crippen molar-refractivity contribution in [3.05, 3.63) is 0 Å². The summed E-state index contributed by atoms with van der Waals surface area (Å²) in [4.78, 5) is 11.4. The third kappa shape index (κ3) is 101. The van der Waals surface area contributed by atoms with Crippen molar-refractivity contribution in [3.8, 4) is 0 Å². The van der Waals surface area contributed by atoms with Crippen molar-refractivity contribution in [1.29, 1.82) is 0 Å². The van der Waals surface area contributed by atoms with Crippen LogP contribution < -0.4 is 0 Å². The van der Waals surface area contributed by atoms with Crippen LogP contribution in [0.3, 0.4) is 0 Å². The van der Waals surface area contributed by atoms with Gasteiger partial charge in [0.05, 0.1) is 7.11 Å². The zero-order valence-corrected chi connectivity index (χ0v) is 6.34. The molecule has 0 heterocycles. The molecular weight excluding hydrogens is 117 g/mol. The van der Waals surface area contributed by atoms with Gasteiger partial charge in [-0.25, -0.2) is 0 Å². The molecule has 0 aliphatic rings. The summed E-state index contributed by atoms with van der Waals surface area (Å²) in [6, 6.07) is 0. The molecule has 0 saturated carbocycles. The van der Waals surface area contributed by atoms with Crippen LogP contribution in [0.2, 0.25) is 0 Å². The first-order valence-corrected chi connectivity index (χ1v) is 2.45. The second-order valence-electron chi connectivity index (χ2n) is 1.86. The molecule has 0 aromatic carbocycles. The predicted octanol–water partition coefficient (Wildman–Crippen LogP) is 0.0991. The van der Waals surface area contributed by atoms with Gasteiger partial charge < -0.3 is 9.64 Å². The molecule has 2 radical (unpaired) electrons. The minimum Gasteiger partial charge on any atom is -0.478 e. The molecule has 0 N–H and O–H groups in total. The lowest BCUT2D eigenvalue weighted by molar-refractivity contribution is 0.198. The van der Waals surface area contributed by atoms with Crippen molar-refractivity contribution in [3.63, 3.8) is 0 Å². The molecule has 52 valence electrons. The lowest BCUT2D eigenvalue weighted by atomic mass is 10.2. The number of carbonyl (C=O) groups is 1. The summed E-state index contributed by atoms with van der Waals surface area (Å²) in [6.07, 6.45) is 0. The van der Waals surface area contributed by atoms with E-state index in [4.69, 9.17) is 0 Å². The summed E-state index contributed by atoms with van der Waals surface area (Å²) < 4.78 is 3.89. The fraction of sp³-hybridized carbons (Fsp3) is 0.800. The van der Waals surface area contributed by atoms with E-state index in [2.05, 4.69) is 12.6 Å². The van der Waals surface area contributed by atoms with Crippen LogP contribution >= 0.6 is 0 Å². The molecule has 0 aliphatic carbocycles. The quantitative estimate of drug-likeness (QED) is 0.434. The maximum Gasteiger partial charge on any atom is 0.235 e. The summed E-state index contributed by atoms with van der Waals surface area (Å²) in [5.74, 6) is -0.745. The van der Waals surface area contributed by atoms with Crippen molar-refractivity contribution in [2.45, 2.75) is 0 Å². The number of methoxy groups -OCH3 is 1. The number of carbonyl (C=O) groups excluding carboxylic acids is 1. The van der Waals surface area contributed by atoms with Crippen LogP contribution in [-0.4, -0.2) is 46.9 Å². The lowest BCUT2D eigenvalue weighted by Gasteiger charge is -1.90. The van der Waals surface area contributed by atoms with Crippen LogP contribution in [0.4, 0.5) is 4.79 Å². The number of nitrogens with zero attached hydrogens (tertiary/aromatic N) is 1. The highest BCUT2D eigenvalue weighted by atomic mass is 16.5. The molecule has 0 saturated heterocycles. The van der Waals surface area contributed by atoms with Crippen molar-refractivity contribution >= 4 is 13.7 Å². The van der Waals surface area contributed by atoms with Gasteiger partial charge >= 0.3 is 0 Å². The van der Waals surface area contributed by atoms with Crippen LogP contribution in [0.5, 0.6) is 0 Å². The first-order chi connectivity index (χ1) is 4.00. The van der Waals surface area contributed by atoms with Crippen molar-refractivity contribution in [2.24, 2.45) is 0 Å². The van der Waals surface area contributed by atoms with Gasteiger partial charge in [-0.1, -0.05) is 0 Å². The molecule has 0 unspecified atom stereocenters. The van der Waals surface area contributed by atoms with E-state index in [1.165, 1.54) is 7.11 Å². The molecule has 4 heteroatoms. The maximum absolute atomic E-state index is 9.37. The summed E-state index contributed by atoms with van der Waals surface area (Å²) in [7, 11) is 11.7. The van der Waals surface area contributed by atoms with Gasteiger partial charge in [0.25, 0.3) is 0 Å². The molecule has 0 rings (SSSR count). The molecule has 0 bridgehead atoms. The van der Waals surface area contributed by atoms with E-state index >= 15 is 0 Å². The van der Waals surface area contributed by atoms with Crippen molar-refractivity contribution < 1.29 is 9.53 Å². The van der Waals surface area contributed by atoms with E-state index in [0.29, 0.717) is 0 Å². The fourth-order valence-corrected chi connectivity index (χ4v) is 0. The zero-order valence-electron chi connectivity index (χ0n) is 6.34. The smallest absolute Gasteiger partial charge is 0.235 e. The molecule has 0 spiro atoms. The van der Waals surface area contributed by atoms with Gasteiger partial charge in [-0.3, -0.25) is 4.79 Å². The number of hydrogen-bond donors (Lipinski definition) is 0. The SMILES string of the molecule is CN(C)C.[B]C(=O)OC.